The largest absolute Gasteiger partial charge is 0.340 e. The van der Waals surface area contributed by atoms with Gasteiger partial charge in [0, 0.05) is 0 Å². The number of rotatable bonds is 3. The first-order valence-corrected chi connectivity index (χ1v) is 6.43. The van der Waals surface area contributed by atoms with Crippen LogP contribution in [0, 0.1) is 11.8 Å². The van der Waals surface area contributed by atoms with Crippen LogP contribution in [0.4, 0.5) is 11.4 Å². The number of benzene rings is 1. The number of fused-ring (bicyclic) bond motifs is 1. The first-order chi connectivity index (χ1) is 8.04. The van der Waals surface area contributed by atoms with E-state index in [1.807, 2.05) is 0 Å². The van der Waals surface area contributed by atoms with Crippen LogP contribution < -0.4 is 10.6 Å². The quantitative estimate of drug-likeness (QED) is 0.812. The molecule has 0 bridgehead atoms. The molecule has 1 aliphatic heterocycles. The maximum atomic E-state index is 3.43. The van der Waals surface area contributed by atoms with Crippen LogP contribution in [-0.4, -0.2) is 0 Å². The first kappa shape index (κ1) is 12.0. The zero-order chi connectivity index (χ0) is 12.4. The zero-order valence-electron chi connectivity index (χ0n) is 11.2. The van der Waals surface area contributed by atoms with E-state index in [0.29, 0.717) is 11.8 Å². The van der Waals surface area contributed by atoms with Crippen LogP contribution in [0.15, 0.2) is 30.1 Å². The molecule has 0 saturated heterocycles. The highest BCUT2D eigenvalue weighted by Gasteiger charge is 2.14. The number of hydrogen-bond donors (Lipinski definition) is 2. The van der Waals surface area contributed by atoms with Gasteiger partial charge in [-0.05, 0) is 42.0 Å². The summed E-state index contributed by atoms with van der Waals surface area (Å²) in [7, 11) is 0. The van der Waals surface area contributed by atoms with Gasteiger partial charge in [-0.25, -0.2) is 0 Å². The monoisotopic (exact) mass is 230 g/mol. The predicted molar refractivity (Wildman–Crippen MR) is 75.2 cm³/mol. The van der Waals surface area contributed by atoms with Crippen molar-refractivity contribution in [2.24, 2.45) is 11.8 Å². The highest BCUT2D eigenvalue weighted by molar-refractivity contribution is 5.79. The van der Waals surface area contributed by atoms with Gasteiger partial charge in [0.05, 0.1) is 11.4 Å². The van der Waals surface area contributed by atoms with Crippen molar-refractivity contribution in [1.29, 1.82) is 0 Å². The van der Waals surface area contributed by atoms with Gasteiger partial charge in [-0.3, -0.25) is 0 Å². The molecule has 0 spiro atoms. The van der Waals surface area contributed by atoms with Crippen LogP contribution in [0.2, 0.25) is 0 Å². The standard InChI is InChI=1S/C15H22N2/c1-10(2)7-12-5-6-13-14(9-12)17-15(16-13)8-11(3)4/h5-6,8-11,16-17H,7H2,1-4H3/b15-8+. The summed E-state index contributed by atoms with van der Waals surface area (Å²) in [5.74, 6) is 2.36. The molecule has 0 radical (unpaired) electrons. The Balaban J connectivity index is 2.16. The molecular weight excluding hydrogens is 208 g/mol. The Morgan fingerprint density at radius 2 is 1.76 bits per heavy atom. The molecule has 2 rings (SSSR count). The summed E-state index contributed by atoms with van der Waals surface area (Å²) in [6.45, 7) is 8.87. The summed E-state index contributed by atoms with van der Waals surface area (Å²) < 4.78 is 0. The van der Waals surface area contributed by atoms with Crippen LogP contribution in [0.1, 0.15) is 33.3 Å². The Kier molecular flexibility index (Phi) is 3.41. The van der Waals surface area contributed by atoms with E-state index in [1.165, 1.54) is 16.9 Å². The lowest BCUT2D eigenvalue weighted by atomic mass is 10.0. The van der Waals surface area contributed by atoms with Crippen molar-refractivity contribution in [3.05, 3.63) is 35.7 Å². The molecule has 0 unspecified atom stereocenters. The van der Waals surface area contributed by atoms with Crippen molar-refractivity contribution in [3.63, 3.8) is 0 Å². The maximum absolute atomic E-state index is 3.43. The van der Waals surface area contributed by atoms with Crippen LogP contribution in [0.3, 0.4) is 0 Å². The zero-order valence-corrected chi connectivity index (χ0v) is 11.2. The highest BCUT2D eigenvalue weighted by atomic mass is 15.2. The number of allylic oxidation sites excluding steroid dienone is 1. The maximum Gasteiger partial charge on any atom is 0.104 e. The molecule has 1 aromatic rings. The van der Waals surface area contributed by atoms with Gasteiger partial charge < -0.3 is 10.6 Å². The third-order valence-corrected chi connectivity index (χ3v) is 2.77. The van der Waals surface area contributed by atoms with Crippen LogP contribution >= 0.6 is 0 Å². The second-order valence-electron chi connectivity index (χ2n) is 5.55. The second kappa shape index (κ2) is 4.82. The Bertz CT molecular complexity index is 431. The van der Waals surface area contributed by atoms with Crippen LogP contribution in [-0.2, 0) is 6.42 Å². The molecule has 0 aliphatic carbocycles. The van der Waals surface area contributed by atoms with Gasteiger partial charge in [-0.2, -0.15) is 0 Å². The van der Waals surface area contributed by atoms with Gasteiger partial charge in [-0.15, -0.1) is 0 Å². The van der Waals surface area contributed by atoms with Crippen molar-refractivity contribution >= 4 is 11.4 Å². The fourth-order valence-corrected chi connectivity index (χ4v) is 2.14. The third kappa shape index (κ3) is 3.02. The van der Waals surface area contributed by atoms with E-state index >= 15 is 0 Å². The lowest BCUT2D eigenvalue weighted by Gasteiger charge is -2.06. The van der Waals surface area contributed by atoms with Crippen LogP contribution in [0.25, 0.3) is 0 Å². The Hall–Kier alpha value is -1.44. The van der Waals surface area contributed by atoms with Gasteiger partial charge in [-0.1, -0.05) is 33.8 Å². The lowest BCUT2D eigenvalue weighted by molar-refractivity contribution is 0.647. The molecular formula is C15H22N2. The summed E-state index contributed by atoms with van der Waals surface area (Å²) in [6.07, 6.45) is 3.35. The van der Waals surface area contributed by atoms with E-state index in [0.717, 1.165) is 12.2 Å². The average molecular weight is 230 g/mol. The van der Waals surface area contributed by atoms with Crippen molar-refractivity contribution < 1.29 is 0 Å². The summed E-state index contributed by atoms with van der Waals surface area (Å²) in [4.78, 5) is 0. The summed E-state index contributed by atoms with van der Waals surface area (Å²) >= 11 is 0. The van der Waals surface area contributed by atoms with Crippen molar-refractivity contribution in [2.45, 2.75) is 34.1 Å². The van der Waals surface area contributed by atoms with Gasteiger partial charge in [0.1, 0.15) is 5.82 Å². The predicted octanol–water partition coefficient (Wildman–Crippen LogP) is 4.22. The second-order valence-corrected chi connectivity index (χ2v) is 5.55. The van der Waals surface area contributed by atoms with E-state index in [-0.39, 0.29) is 0 Å². The average Bonchev–Trinajstić information content (AvgIpc) is 2.56. The molecule has 0 atom stereocenters. The van der Waals surface area contributed by atoms with Gasteiger partial charge in [0.15, 0.2) is 0 Å². The molecule has 0 amide bonds. The summed E-state index contributed by atoms with van der Waals surface area (Å²) in [6, 6.07) is 6.64. The molecule has 1 aliphatic rings. The molecule has 92 valence electrons. The van der Waals surface area contributed by atoms with Crippen LogP contribution in [0.5, 0.6) is 0 Å². The number of anilines is 2. The van der Waals surface area contributed by atoms with E-state index in [9.17, 15) is 0 Å². The minimum Gasteiger partial charge on any atom is -0.340 e. The smallest absolute Gasteiger partial charge is 0.104 e. The molecule has 1 heterocycles. The Morgan fingerprint density at radius 1 is 1.06 bits per heavy atom. The van der Waals surface area contributed by atoms with E-state index < -0.39 is 0 Å². The van der Waals surface area contributed by atoms with Crippen molar-refractivity contribution in [1.82, 2.24) is 0 Å². The molecule has 0 aromatic heterocycles. The lowest BCUT2D eigenvalue weighted by Crippen LogP contribution is -2.00. The number of nitrogens with one attached hydrogen (secondary N) is 2. The molecule has 1 aromatic carbocycles. The van der Waals surface area contributed by atoms with Gasteiger partial charge in [0.2, 0.25) is 0 Å². The molecule has 0 fully saturated rings. The SMILES string of the molecule is CC(C)/C=C1\Nc2ccc(CC(C)C)cc2N1. The fourth-order valence-electron chi connectivity index (χ4n) is 2.14. The fraction of sp³-hybridized carbons (Fsp3) is 0.467. The third-order valence-electron chi connectivity index (χ3n) is 2.77. The topological polar surface area (TPSA) is 24.1 Å². The minimum absolute atomic E-state index is 0.550. The Labute approximate surface area is 104 Å². The molecule has 0 saturated carbocycles. The molecule has 2 N–H and O–H groups in total. The number of hydrogen-bond acceptors (Lipinski definition) is 2. The van der Waals surface area contributed by atoms with E-state index in [4.69, 9.17) is 0 Å². The molecule has 17 heavy (non-hydrogen) atoms. The minimum atomic E-state index is 0.550. The van der Waals surface area contributed by atoms with E-state index in [1.54, 1.807) is 0 Å². The summed E-state index contributed by atoms with van der Waals surface area (Å²) in [5, 5.41) is 6.83. The van der Waals surface area contributed by atoms with Gasteiger partial charge in [0.25, 0.3) is 0 Å². The molecule has 2 heteroatoms. The van der Waals surface area contributed by atoms with Gasteiger partial charge >= 0.3 is 0 Å². The summed E-state index contributed by atoms with van der Waals surface area (Å²) in [5.41, 5.74) is 3.79. The van der Waals surface area contributed by atoms with Crippen molar-refractivity contribution in [3.8, 4) is 0 Å². The van der Waals surface area contributed by atoms with E-state index in [2.05, 4.69) is 62.6 Å². The normalized spacial score (nSPS) is 16.2. The molecule has 2 nitrogen and oxygen atoms in total. The highest BCUT2D eigenvalue weighted by Crippen LogP contribution is 2.32. The Morgan fingerprint density at radius 3 is 2.41 bits per heavy atom. The first-order valence-electron chi connectivity index (χ1n) is 6.43. The van der Waals surface area contributed by atoms with Crippen molar-refractivity contribution in [2.75, 3.05) is 10.6 Å².